The van der Waals surface area contributed by atoms with Gasteiger partial charge in [0.2, 0.25) is 0 Å². The summed E-state index contributed by atoms with van der Waals surface area (Å²) >= 11 is 0. The van der Waals surface area contributed by atoms with Crippen LogP contribution < -0.4 is 0 Å². The fourth-order valence-electron chi connectivity index (χ4n) is 2.56. The third kappa shape index (κ3) is 5.48. The van der Waals surface area contributed by atoms with Crippen molar-refractivity contribution in [2.45, 2.75) is 39.8 Å². The topological polar surface area (TPSA) is 38.8 Å². The van der Waals surface area contributed by atoms with E-state index in [2.05, 4.69) is 30.9 Å². The van der Waals surface area contributed by atoms with Crippen molar-refractivity contribution in [2.24, 2.45) is 0 Å². The highest BCUT2D eigenvalue weighted by Gasteiger charge is 2.22. The molecule has 1 unspecified atom stereocenters. The van der Waals surface area contributed by atoms with Crippen LogP contribution in [0.15, 0.2) is 24.3 Å². The van der Waals surface area contributed by atoms with Crippen molar-refractivity contribution in [3.63, 3.8) is 0 Å². The molecule has 0 N–H and O–H groups in total. The number of esters is 1. The Morgan fingerprint density at radius 3 is 2.52 bits per heavy atom. The van der Waals surface area contributed by atoms with E-state index in [1.54, 1.807) is 7.11 Å². The highest BCUT2D eigenvalue weighted by Crippen LogP contribution is 2.25. The number of hydrogen-bond acceptors (Lipinski definition) is 4. The van der Waals surface area contributed by atoms with Gasteiger partial charge in [0.05, 0.1) is 19.6 Å². The average Bonchev–Trinajstić information content (AvgIpc) is 2.48. The monoisotopic (exact) mass is 293 g/mol. The quantitative estimate of drug-likeness (QED) is 0.656. The van der Waals surface area contributed by atoms with E-state index in [0.717, 1.165) is 24.2 Å². The maximum atomic E-state index is 11.9. The van der Waals surface area contributed by atoms with Gasteiger partial charge in [-0.05, 0) is 31.1 Å². The molecule has 0 spiro atoms. The van der Waals surface area contributed by atoms with Crippen LogP contribution in [0.1, 0.15) is 44.4 Å². The van der Waals surface area contributed by atoms with Gasteiger partial charge in [0.1, 0.15) is 0 Å². The number of nitrogens with zero attached hydrogens (tertiary/aromatic N) is 1. The summed E-state index contributed by atoms with van der Waals surface area (Å²) in [5.41, 5.74) is 2.26. The van der Waals surface area contributed by atoms with Crippen LogP contribution in [0.5, 0.6) is 0 Å². The lowest BCUT2D eigenvalue weighted by molar-refractivity contribution is -0.144. The Morgan fingerprint density at radius 1 is 1.24 bits per heavy atom. The normalized spacial score (nSPS) is 12.4. The van der Waals surface area contributed by atoms with E-state index in [0.29, 0.717) is 19.6 Å². The largest absolute Gasteiger partial charge is 0.466 e. The van der Waals surface area contributed by atoms with Gasteiger partial charge in [-0.3, -0.25) is 9.69 Å². The summed E-state index contributed by atoms with van der Waals surface area (Å²) in [7, 11) is 1.69. The first-order valence-corrected chi connectivity index (χ1v) is 7.63. The van der Waals surface area contributed by atoms with Crippen LogP contribution >= 0.6 is 0 Å². The molecular weight excluding hydrogens is 266 g/mol. The smallest absolute Gasteiger partial charge is 0.307 e. The molecule has 1 aromatic carbocycles. The first kappa shape index (κ1) is 17.7. The number of rotatable bonds is 9. The molecule has 0 aromatic heterocycles. The maximum absolute atomic E-state index is 11.9. The van der Waals surface area contributed by atoms with Crippen molar-refractivity contribution in [2.75, 3.05) is 26.8 Å². The minimum Gasteiger partial charge on any atom is -0.466 e. The lowest BCUT2D eigenvalue weighted by atomic mass is 9.99. The third-order valence-corrected chi connectivity index (χ3v) is 3.57. The van der Waals surface area contributed by atoms with Crippen molar-refractivity contribution in [1.82, 2.24) is 4.90 Å². The molecule has 21 heavy (non-hydrogen) atoms. The number of hydrogen-bond donors (Lipinski definition) is 0. The number of carbonyl (C=O) groups is 1. The molecule has 1 atom stereocenters. The van der Waals surface area contributed by atoms with Gasteiger partial charge in [0.25, 0.3) is 0 Å². The summed E-state index contributed by atoms with van der Waals surface area (Å²) < 4.78 is 10.3. The minimum atomic E-state index is -0.147. The Morgan fingerprint density at radius 2 is 1.95 bits per heavy atom. The zero-order valence-electron chi connectivity index (χ0n) is 13.6. The van der Waals surface area contributed by atoms with Gasteiger partial charge in [-0.15, -0.1) is 0 Å². The summed E-state index contributed by atoms with van der Waals surface area (Å²) in [4.78, 5) is 14.2. The van der Waals surface area contributed by atoms with Crippen LogP contribution in [0.3, 0.4) is 0 Å². The fourth-order valence-corrected chi connectivity index (χ4v) is 2.56. The molecule has 1 aromatic rings. The van der Waals surface area contributed by atoms with Crippen LogP contribution in [0, 0.1) is 0 Å². The standard InChI is InChI=1S/C17H27NO3/c1-5-18(6-2)16(12-17(19)21-7-3)15-10-8-9-14(11-15)13-20-4/h8-11,16H,5-7,12-13H2,1-4H3. The molecule has 0 radical (unpaired) electrons. The summed E-state index contributed by atoms with van der Waals surface area (Å²) in [5.74, 6) is -0.147. The molecule has 1 rings (SSSR count). The summed E-state index contributed by atoms with van der Waals surface area (Å²) in [5, 5.41) is 0. The van der Waals surface area contributed by atoms with Gasteiger partial charge in [0, 0.05) is 13.2 Å². The number of ether oxygens (including phenoxy) is 2. The molecule has 0 aliphatic carbocycles. The second-order valence-electron chi connectivity index (χ2n) is 4.92. The zero-order valence-corrected chi connectivity index (χ0v) is 13.6. The van der Waals surface area contributed by atoms with Crippen LogP contribution in [0.25, 0.3) is 0 Å². The Labute approximate surface area is 128 Å². The molecule has 0 amide bonds. The van der Waals surface area contributed by atoms with Gasteiger partial charge >= 0.3 is 5.97 Å². The second kappa shape index (κ2) is 9.53. The van der Waals surface area contributed by atoms with Gasteiger partial charge in [-0.25, -0.2) is 0 Å². The number of carbonyl (C=O) groups excluding carboxylic acids is 1. The molecular formula is C17H27NO3. The molecule has 4 heteroatoms. The van der Waals surface area contributed by atoms with Gasteiger partial charge < -0.3 is 9.47 Å². The van der Waals surface area contributed by atoms with E-state index in [9.17, 15) is 4.79 Å². The molecule has 0 aliphatic rings. The summed E-state index contributed by atoms with van der Waals surface area (Å²) in [6.45, 7) is 8.86. The molecule has 4 nitrogen and oxygen atoms in total. The molecule has 0 heterocycles. The molecule has 0 aliphatic heterocycles. The number of methoxy groups -OCH3 is 1. The Kier molecular flexibility index (Phi) is 8.01. The lowest BCUT2D eigenvalue weighted by Gasteiger charge is -2.29. The van der Waals surface area contributed by atoms with E-state index in [4.69, 9.17) is 9.47 Å². The Balaban J connectivity index is 2.98. The van der Waals surface area contributed by atoms with E-state index < -0.39 is 0 Å². The van der Waals surface area contributed by atoms with Crippen molar-refractivity contribution in [3.05, 3.63) is 35.4 Å². The van der Waals surface area contributed by atoms with Crippen LogP contribution in [-0.4, -0.2) is 37.7 Å². The molecule has 0 saturated heterocycles. The Bertz CT molecular complexity index is 430. The third-order valence-electron chi connectivity index (χ3n) is 3.57. The van der Waals surface area contributed by atoms with Crippen molar-refractivity contribution in [1.29, 1.82) is 0 Å². The first-order chi connectivity index (χ1) is 10.2. The summed E-state index contributed by atoms with van der Waals surface area (Å²) in [6.07, 6.45) is 0.381. The molecule has 118 valence electrons. The fraction of sp³-hybridized carbons (Fsp3) is 0.588. The average molecular weight is 293 g/mol. The van der Waals surface area contributed by atoms with E-state index in [1.165, 1.54) is 0 Å². The van der Waals surface area contributed by atoms with Gasteiger partial charge in [-0.1, -0.05) is 38.1 Å². The van der Waals surface area contributed by atoms with Crippen LogP contribution in [0.2, 0.25) is 0 Å². The lowest BCUT2D eigenvalue weighted by Crippen LogP contribution is -2.30. The van der Waals surface area contributed by atoms with Crippen molar-refractivity contribution >= 4 is 5.97 Å². The van der Waals surface area contributed by atoms with E-state index in [-0.39, 0.29) is 12.0 Å². The van der Waals surface area contributed by atoms with Gasteiger partial charge in [0.15, 0.2) is 0 Å². The number of benzene rings is 1. The molecule has 0 fully saturated rings. The SMILES string of the molecule is CCOC(=O)CC(c1cccc(COC)c1)N(CC)CC. The maximum Gasteiger partial charge on any atom is 0.307 e. The first-order valence-electron chi connectivity index (χ1n) is 7.63. The highest BCUT2D eigenvalue weighted by atomic mass is 16.5. The van der Waals surface area contributed by atoms with Gasteiger partial charge in [-0.2, -0.15) is 0 Å². The molecule has 0 saturated carbocycles. The van der Waals surface area contributed by atoms with Crippen LogP contribution in [-0.2, 0) is 20.9 Å². The van der Waals surface area contributed by atoms with E-state index >= 15 is 0 Å². The predicted molar refractivity (Wildman–Crippen MR) is 84.1 cm³/mol. The van der Waals surface area contributed by atoms with Crippen molar-refractivity contribution < 1.29 is 14.3 Å². The minimum absolute atomic E-state index is 0.0517. The van der Waals surface area contributed by atoms with E-state index in [1.807, 2.05) is 19.1 Å². The summed E-state index contributed by atoms with van der Waals surface area (Å²) in [6, 6.07) is 8.30. The molecule has 0 bridgehead atoms. The van der Waals surface area contributed by atoms with Crippen molar-refractivity contribution in [3.8, 4) is 0 Å². The van der Waals surface area contributed by atoms with Crippen LogP contribution in [0.4, 0.5) is 0 Å². The second-order valence-corrected chi connectivity index (χ2v) is 4.92. The predicted octanol–water partition coefficient (Wildman–Crippen LogP) is 3.17. The Hall–Kier alpha value is -1.39. The highest BCUT2D eigenvalue weighted by molar-refractivity contribution is 5.70. The zero-order chi connectivity index (χ0) is 15.7.